The van der Waals surface area contributed by atoms with Crippen LogP contribution in [0.3, 0.4) is 0 Å². The smallest absolute Gasteiger partial charge is 0.119 e. The van der Waals surface area contributed by atoms with Crippen molar-refractivity contribution < 1.29 is 4.74 Å². The minimum Gasteiger partial charge on any atom is -0.494 e. The largest absolute Gasteiger partial charge is 0.494 e. The molecular formula is C24H34N2O. The molecule has 0 radical (unpaired) electrons. The lowest BCUT2D eigenvalue weighted by Crippen LogP contribution is -1.96. The number of unbranched alkanes of at least 4 members (excludes halogenated alkanes) is 6. The standard InChI is InChI=1S/C24H34N2O/c1-3-5-7-8-9-10-20-27-24-18-16-23(17-19-24)26-25-22-14-12-21(13-15-22)11-6-4-2/h12-19H,3-11,20H2,1-2H3. The van der Waals surface area contributed by atoms with E-state index >= 15 is 0 Å². The summed E-state index contributed by atoms with van der Waals surface area (Å²) < 4.78 is 5.80. The summed E-state index contributed by atoms with van der Waals surface area (Å²) in [6, 6.07) is 16.2. The third-order valence-electron chi connectivity index (χ3n) is 4.64. The van der Waals surface area contributed by atoms with E-state index in [-0.39, 0.29) is 0 Å². The van der Waals surface area contributed by atoms with Gasteiger partial charge >= 0.3 is 0 Å². The zero-order valence-electron chi connectivity index (χ0n) is 17.0. The van der Waals surface area contributed by atoms with Crippen LogP contribution >= 0.6 is 0 Å². The van der Waals surface area contributed by atoms with Gasteiger partial charge in [0.25, 0.3) is 0 Å². The van der Waals surface area contributed by atoms with Crippen molar-refractivity contribution in [3.8, 4) is 5.75 Å². The summed E-state index contributed by atoms with van der Waals surface area (Å²) in [6.45, 7) is 5.25. The molecule has 0 fully saturated rings. The molecule has 0 spiro atoms. The Labute approximate surface area is 164 Å². The molecule has 0 amide bonds. The summed E-state index contributed by atoms with van der Waals surface area (Å²) in [4.78, 5) is 0. The van der Waals surface area contributed by atoms with E-state index in [9.17, 15) is 0 Å². The van der Waals surface area contributed by atoms with E-state index in [0.29, 0.717) is 0 Å². The highest BCUT2D eigenvalue weighted by molar-refractivity contribution is 5.43. The van der Waals surface area contributed by atoms with E-state index in [1.54, 1.807) is 0 Å². The van der Waals surface area contributed by atoms with Crippen LogP contribution in [0.15, 0.2) is 58.8 Å². The minimum atomic E-state index is 0.789. The first-order chi connectivity index (χ1) is 13.3. The second-order valence-corrected chi connectivity index (χ2v) is 7.08. The minimum absolute atomic E-state index is 0.789. The first-order valence-electron chi connectivity index (χ1n) is 10.6. The fourth-order valence-electron chi connectivity index (χ4n) is 2.91. The Morgan fingerprint density at radius 2 is 1.19 bits per heavy atom. The van der Waals surface area contributed by atoms with Gasteiger partial charge in [0.1, 0.15) is 5.75 Å². The van der Waals surface area contributed by atoms with Crippen molar-refractivity contribution in [3.05, 3.63) is 54.1 Å². The van der Waals surface area contributed by atoms with Gasteiger partial charge in [-0.1, -0.05) is 64.5 Å². The molecule has 0 saturated carbocycles. The van der Waals surface area contributed by atoms with Crippen molar-refractivity contribution in [1.82, 2.24) is 0 Å². The fourth-order valence-corrected chi connectivity index (χ4v) is 2.91. The van der Waals surface area contributed by atoms with Crippen LogP contribution < -0.4 is 4.74 Å². The number of rotatable bonds is 13. The fraction of sp³-hybridized carbons (Fsp3) is 0.500. The Kier molecular flexibility index (Phi) is 10.2. The van der Waals surface area contributed by atoms with Gasteiger partial charge in [-0.15, -0.1) is 0 Å². The topological polar surface area (TPSA) is 34.0 Å². The highest BCUT2D eigenvalue weighted by Gasteiger charge is 1.97. The lowest BCUT2D eigenvalue weighted by atomic mass is 10.1. The third-order valence-corrected chi connectivity index (χ3v) is 4.64. The molecule has 0 heterocycles. The maximum Gasteiger partial charge on any atom is 0.119 e. The second-order valence-electron chi connectivity index (χ2n) is 7.08. The van der Waals surface area contributed by atoms with E-state index in [1.807, 2.05) is 36.4 Å². The maximum absolute atomic E-state index is 5.80. The molecule has 0 aliphatic carbocycles. The molecule has 0 aliphatic rings. The van der Waals surface area contributed by atoms with Crippen LogP contribution in [0.2, 0.25) is 0 Å². The maximum atomic E-state index is 5.80. The van der Waals surface area contributed by atoms with Crippen LogP contribution in [0.4, 0.5) is 11.4 Å². The molecule has 2 aromatic carbocycles. The Balaban J connectivity index is 1.72. The average molecular weight is 367 g/mol. The SMILES string of the molecule is CCCCCCCCOc1ccc(N=Nc2ccc(CCCC)cc2)cc1. The van der Waals surface area contributed by atoms with Gasteiger partial charge in [-0.05, 0) is 61.2 Å². The number of aryl methyl sites for hydroxylation is 1. The Bertz CT molecular complexity index is 647. The summed E-state index contributed by atoms with van der Waals surface area (Å²) in [5.41, 5.74) is 3.10. The van der Waals surface area contributed by atoms with Crippen molar-refractivity contribution in [2.45, 2.75) is 71.6 Å². The molecule has 0 saturated heterocycles. The number of hydrogen-bond donors (Lipinski definition) is 0. The summed E-state index contributed by atoms with van der Waals surface area (Å²) in [5, 5.41) is 8.64. The van der Waals surface area contributed by atoms with Crippen LogP contribution in [0.1, 0.15) is 70.8 Å². The summed E-state index contributed by atoms with van der Waals surface area (Å²) in [6.07, 6.45) is 11.3. The highest BCUT2D eigenvalue weighted by Crippen LogP contribution is 2.22. The van der Waals surface area contributed by atoms with Gasteiger partial charge in [-0.3, -0.25) is 0 Å². The quantitative estimate of drug-likeness (QED) is 0.260. The van der Waals surface area contributed by atoms with Crippen LogP contribution in [0, 0.1) is 0 Å². The number of azo groups is 1. The van der Waals surface area contributed by atoms with Crippen LogP contribution in [0.25, 0.3) is 0 Å². The first-order valence-corrected chi connectivity index (χ1v) is 10.6. The molecule has 146 valence electrons. The van der Waals surface area contributed by atoms with E-state index < -0.39 is 0 Å². The molecule has 0 unspecified atom stereocenters. The molecule has 3 heteroatoms. The zero-order valence-corrected chi connectivity index (χ0v) is 17.0. The number of ether oxygens (including phenoxy) is 1. The van der Waals surface area contributed by atoms with E-state index in [4.69, 9.17) is 4.74 Å². The second kappa shape index (κ2) is 13.1. The van der Waals surface area contributed by atoms with Gasteiger partial charge in [-0.2, -0.15) is 10.2 Å². The van der Waals surface area contributed by atoms with E-state index in [1.165, 1.54) is 50.5 Å². The van der Waals surface area contributed by atoms with Gasteiger partial charge in [0.2, 0.25) is 0 Å². The van der Waals surface area contributed by atoms with Crippen LogP contribution in [-0.4, -0.2) is 6.61 Å². The molecule has 0 atom stereocenters. The molecule has 2 aromatic rings. The zero-order chi connectivity index (χ0) is 19.2. The van der Waals surface area contributed by atoms with Gasteiger partial charge in [0.05, 0.1) is 18.0 Å². The lowest BCUT2D eigenvalue weighted by Gasteiger charge is -2.06. The molecule has 0 aromatic heterocycles. The number of benzene rings is 2. The molecular weight excluding hydrogens is 332 g/mol. The van der Waals surface area contributed by atoms with E-state index in [2.05, 4.69) is 36.2 Å². The third kappa shape index (κ3) is 8.85. The molecule has 0 N–H and O–H groups in total. The first kappa shape index (κ1) is 21.1. The highest BCUT2D eigenvalue weighted by atomic mass is 16.5. The Morgan fingerprint density at radius 3 is 1.81 bits per heavy atom. The van der Waals surface area contributed by atoms with Gasteiger partial charge < -0.3 is 4.74 Å². The lowest BCUT2D eigenvalue weighted by molar-refractivity contribution is 0.304. The van der Waals surface area contributed by atoms with Crippen molar-refractivity contribution >= 4 is 11.4 Å². The predicted octanol–water partition coefficient (Wildman–Crippen LogP) is 8.18. The van der Waals surface area contributed by atoms with Crippen molar-refractivity contribution in [3.63, 3.8) is 0 Å². The molecule has 0 aliphatic heterocycles. The van der Waals surface area contributed by atoms with Crippen molar-refractivity contribution in [1.29, 1.82) is 0 Å². The normalized spacial score (nSPS) is 11.2. The van der Waals surface area contributed by atoms with E-state index in [0.717, 1.165) is 36.6 Å². The Hall–Kier alpha value is -2.16. The monoisotopic (exact) mass is 366 g/mol. The summed E-state index contributed by atoms with van der Waals surface area (Å²) in [5.74, 6) is 0.905. The number of hydrogen-bond acceptors (Lipinski definition) is 3. The van der Waals surface area contributed by atoms with Gasteiger partial charge in [0, 0.05) is 0 Å². The molecule has 27 heavy (non-hydrogen) atoms. The Morgan fingerprint density at radius 1 is 0.630 bits per heavy atom. The number of nitrogens with zero attached hydrogens (tertiary/aromatic N) is 2. The predicted molar refractivity (Wildman–Crippen MR) is 115 cm³/mol. The van der Waals surface area contributed by atoms with Crippen LogP contribution in [0.5, 0.6) is 5.75 Å². The molecule has 3 nitrogen and oxygen atoms in total. The van der Waals surface area contributed by atoms with Crippen molar-refractivity contribution in [2.24, 2.45) is 10.2 Å². The summed E-state index contributed by atoms with van der Waals surface area (Å²) in [7, 11) is 0. The van der Waals surface area contributed by atoms with Gasteiger partial charge in [0.15, 0.2) is 0 Å². The summed E-state index contributed by atoms with van der Waals surface area (Å²) >= 11 is 0. The molecule has 2 rings (SSSR count). The van der Waals surface area contributed by atoms with Crippen molar-refractivity contribution in [2.75, 3.05) is 6.61 Å². The van der Waals surface area contributed by atoms with Gasteiger partial charge in [-0.25, -0.2) is 0 Å². The average Bonchev–Trinajstić information content (AvgIpc) is 2.71. The molecule has 0 bridgehead atoms. The van der Waals surface area contributed by atoms with Crippen LogP contribution in [-0.2, 0) is 6.42 Å².